The lowest BCUT2D eigenvalue weighted by molar-refractivity contribution is -0.120. The number of rotatable bonds is 7. The Kier molecular flexibility index (Phi) is 6.05. The number of nitrogens with one attached hydrogen (secondary N) is 1. The molecule has 8 heteroatoms. The number of thiazole rings is 1. The van der Waals surface area contributed by atoms with E-state index in [0.29, 0.717) is 13.1 Å². The van der Waals surface area contributed by atoms with Gasteiger partial charge in [0.25, 0.3) is 5.56 Å². The van der Waals surface area contributed by atoms with Gasteiger partial charge in [-0.3, -0.25) is 14.0 Å². The average molecular weight is 470 g/mol. The molecular weight excluding hydrogens is 446 g/mol. The van der Waals surface area contributed by atoms with E-state index in [-0.39, 0.29) is 17.9 Å². The Hall–Kier alpha value is -4.04. The van der Waals surface area contributed by atoms with Crippen LogP contribution < -0.4 is 10.9 Å². The Morgan fingerprint density at radius 2 is 1.74 bits per heavy atom. The lowest BCUT2D eigenvalue weighted by Gasteiger charge is -2.08. The fourth-order valence-corrected chi connectivity index (χ4v) is 4.59. The van der Waals surface area contributed by atoms with Gasteiger partial charge in [0.05, 0.1) is 24.4 Å². The molecule has 34 heavy (non-hydrogen) atoms. The minimum Gasteiger partial charge on any atom is -0.354 e. The molecule has 0 bridgehead atoms. The van der Waals surface area contributed by atoms with Crippen molar-refractivity contribution in [2.45, 2.75) is 19.9 Å². The number of hydrogen-bond acceptors (Lipinski definition) is 5. The monoisotopic (exact) mass is 469 g/mol. The van der Waals surface area contributed by atoms with Crippen LogP contribution >= 0.6 is 11.3 Å². The highest BCUT2D eigenvalue weighted by Gasteiger charge is 2.13. The minimum atomic E-state index is -0.199. The molecule has 3 heterocycles. The van der Waals surface area contributed by atoms with Crippen LogP contribution in [0.5, 0.6) is 0 Å². The van der Waals surface area contributed by atoms with Gasteiger partial charge >= 0.3 is 0 Å². The molecule has 0 radical (unpaired) electrons. The predicted molar refractivity (Wildman–Crippen MR) is 134 cm³/mol. The zero-order valence-corrected chi connectivity index (χ0v) is 19.5. The summed E-state index contributed by atoms with van der Waals surface area (Å²) < 4.78 is 3.35. The molecular formula is C26H23N5O2S. The molecule has 0 atom stereocenters. The first-order valence-corrected chi connectivity index (χ1v) is 11.9. The normalized spacial score (nSPS) is 11.1. The second kappa shape index (κ2) is 9.44. The largest absolute Gasteiger partial charge is 0.354 e. The molecule has 0 saturated carbocycles. The summed E-state index contributed by atoms with van der Waals surface area (Å²) in [6.07, 6.45) is 2.20. The number of carbonyl (C=O) groups is 1. The van der Waals surface area contributed by atoms with Crippen molar-refractivity contribution in [3.63, 3.8) is 0 Å². The summed E-state index contributed by atoms with van der Waals surface area (Å²) in [5.74, 6) is -0.113. The van der Waals surface area contributed by atoms with Gasteiger partial charge in [0.15, 0.2) is 4.96 Å². The summed E-state index contributed by atoms with van der Waals surface area (Å²) in [7, 11) is 0. The number of amides is 1. The van der Waals surface area contributed by atoms with Crippen LogP contribution in [0.25, 0.3) is 27.5 Å². The summed E-state index contributed by atoms with van der Waals surface area (Å²) >= 11 is 1.51. The van der Waals surface area contributed by atoms with E-state index in [9.17, 15) is 9.59 Å². The third kappa shape index (κ3) is 4.67. The zero-order valence-electron chi connectivity index (χ0n) is 18.6. The first-order valence-electron chi connectivity index (χ1n) is 11.0. The molecule has 5 aromatic rings. The standard InChI is InChI=1S/C26H23N5O2S/c1-18-7-9-20(10-8-18)23-16-30-21(17-34-26(30)28-23)15-24(32)27-13-14-31-25(33)12-11-22(29-31)19-5-3-2-4-6-19/h2-12,16-17H,13-15H2,1H3,(H,27,32). The molecule has 1 amide bonds. The van der Waals surface area contributed by atoms with E-state index in [0.717, 1.165) is 33.2 Å². The van der Waals surface area contributed by atoms with Gasteiger partial charge < -0.3 is 5.32 Å². The van der Waals surface area contributed by atoms with E-state index in [1.54, 1.807) is 6.07 Å². The molecule has 5 rings (SSSR count). The molecule has 2 aromatic carbocycles. The maximum atomic E-state index is 12.6. The van der Waals surface area contributed by atoms with E-state index in [4.69, 9.17) is 0 Å². The van der Waals surface area contributed by atoms with Crippen molar-refractivity contribution in [3.8, 4) is 22.5 Å². The van der Waals surface area contributed by atoms with Gasteiger partial charge in [-0.2, -0.15) is 5.10 Å². The molecule has 0 saturated heterocycles. The van der Waals surface area contributed by atoms with Crippen LogP contribution in [0.2, 0.25) is 0 Å². The summed E-state index contributed by atoms with van der Waals surface area (Å²) in [5.41, 5.74) is 5.47. The van der Waals surface area contributed by atoms with Crippen LogP contribution in [0.3, 0.4) is 0 Å². The van der Waals surface area contributed by atoms with E-state index in [2.05, 4.69) is 46.6 Å². The predicted octanol–water partition coefficient (Wildman–Crippen LogP) is 3.95. The molecule has 0 spiro atoms. The lowest BCUT2D eigenvalue weighted by Crippen LogP contribution is -2.32. The quantitative estimate of drug-likeness (QED) is 0.391. The van der Waals surface area contributed by atoms with Gasteiger partial charge in [0.2, 0.25) is 5.91 Å². The number of benzene rings is 2. The van der Waals surface area contributed by atoms with Crippen LogP contribution in [0, 0.1) is 6.92 Å². The number of hydrogen-bond donors (Lipinski definition) is 1. The van der Waals surface area contributed by atoms with E-state index in [1.165, 1.54) is 27.6 Å². The highest BCUT2D eigenvalue weighted by atomic mass is 32.1. The smallest absolute Gasteiger partial charge is 0.266 e. The second-order valence-electron chi connectivity index (χ2n) is 8.04. The maximum absolute atomic E-state index is 12.6. The molecule has 0 aliphatic carbocycles. The molecule has 0 fully saturated rings. The lowest BCUT2D eigenvalue weighted by atomic mass is 10.1. The number of aryl methyl sites for hydroxylation is 1. The first-order chi connectivity index (χ1) is 16.6. The maximum Gasteiger partial charge on any atom is 0.266 e. The summed E-state index contributed by atoms with van der Waals surface area (Å²) in [6.45, 7) is 2.67. The number of fused-ring (bicyclic) bond motifs is 1. The third-order valence-electron chi connectivity index (χ3n) is 5.55. The van der Waals surface area contributed by atoms with E-state index in [1.807, 2.05) is 46.3 Å². The highest BCUT2D eigenvalue weighted by molar-refractivity contribution is 7.15. The molecule has 1 N–H and O–H groups in total. The SMILES string of the molecule is Cc1ccc(-c2cn3c(CC(=O)NCCn4nc(-c5ccccc5)ccc4=O)csc3n2)cc1. The van der Waals surface area contributed by atoms with Crippen LogP contribution in [0.15, 0.2) is 83.1 Å². The van der Waals surface area contributed by atoms with Crippen LogP contribution in [0.1, 0.15) is 11.3 Å². The van der Waals surface area contributed by atoms with Crippen molar-refractivity contribution in [3.05, 3.63) is 99.9 Å². The minimum absolute atomic E-state index is 0.113. The van der Waals surface area contributed by atoms with Gasteiger partial charge in [-0.1, -0.05) is 60.2 Å². The Balaban J connectivity index is 1.22. The van der Waals surface area contributed by atoms with Gasteiger partial charge in [-0.25, -0.2) is 9.67 Å². The number of aromatic nitrogens is 4. The number of imidazole rings is 1. The summed E-state index contributed by atoms with van der Waals surface area (Å²) in [5, 5.41) is 9.29. The van der Waals surface area contributed by atoms with Crippen molar-refractivity contribution in [2.75, 3.05) is 6.54 Å². The molecule has 0 aliphatic heterocycles. The van der Waals surface area contributed by atoms with Crippen molar-refractivity contribution in [1.82, 2.24) is 24.5 Å². The Morgan fingerprint density at radius 3 is 2.53 bits per heavy atom. The summed E-state index contributed by atoms with van der Waals surface area (Å²) in [4.78, 5) is 30.3. The van der Waals surface area contributed by atoms with Crippen molar-refractivity contribution in [1.29, 1.82) is 0 Å². The first kappa shape index (κ1) is 21.8. The van der Waals surface area contributed by atoms with E-state index < -0.39 is 0 Å². The van der Waals surface area contributed by atoms with Crippen LogP contribution in [0.4, 0.5) is 0 Å². The third-order valence-corrected chi connectivity index (χ3v) is 6.44. The van der Waals surface area contributed by atoms with Gasteiger partial charge in [-0.15, -0.1) is 11.3 Å². The average Bonchev–Trinajstić information content (AvgIpc) is 3.43. The molecule has 0 unspecified atom stereocenters. The topological polar surface area (TPSA) is 81.3 Å². The van der Waals surface area contributed by atoms with Crippen molar-refractivity contribution in [2.24, 2.45) is 0 Å². The van der Waals surface area contributed by atoms with Gasteiger partial charge in [0, 0.05) is 41.0 Å². The van der Waals surface area contributed by atoms with Crippen LogP contribution in [-0.4, -0.2) is 31.6 Å². The Morgan fingerprint density at radius 1 is 0.971 bits per heavy atom. The molecule has 0 aliphatic rings. The fourth-order valence-electron chi connectivity index (χ4n) is 3.72. The Labute approximate surface area is 200 Å². The van der Waals surface area contributed by atoms with E-state index >= 15 is 0 Å². The molecule has 3 aromatic heterocycles. The molecule has 170 valence electrons. The number of carbonyl (C=O) groups excluding carboxylic acids is 1. The van der Waals surface area contributed by atoms with Crippen molar-refractivity contribution < 1.29 is 4.79 Å². The Bertz CT molecular complexity index is 1500. The fraction of sp³-hybridized carbons (Fsp3) is 0.154. The summed E-state index contributed by atoms with van der Waals surface area (Å²) in [6, 6.07) is 21.1. The second-order valence-corrected chi connectivity index (χ2v) is 8.88. The van der Waals surface area contributed by atoms with Crippen molar-refractivity contribution >= 4 is 22.2 Å². The van der Waals surface area contributed by atoms with Gasteiger partial charge in [-0.05, 0) is 13.0 Å². The zero-order chi connectivity index (χ0) is 23.5. The number of nitrogens with zero attached hydrogens (tertiary/aromatic N) is 4. The van der Waals surface area contributed by atoms with Crippen LogP contribution in [-0.2, 0) is 17.8 Å². The molecule has 7 nitrogen and oxygen atoms in total. The van der Waals surface area contributed by atoms with Gasteiger partial charge in [0.1, 0.15) is 0 Å². The highest BCUT2D eigenvalue weighted by Crippen LogP contribution is 2.24.